The zero-order valence-corrected chi connectivity index (χ0v) is 11.9. The van der Waals surface area contributed by atoms with E-state index < -0.39 is 24.0 Å². The van der Waals surface area contributed by atoms with E-state index in [4.69, 9.17) is 5.11 Å². The van der Waals surface area contributed by atoms with Gasteiger partial charge < -0.3 is 20.6 Å². The molecule has 3 amide bonds. The minimum Gasteiger partial charge on any atom is -0.481 e. The van der Waals surface area contributed by atoms with Crippen molar-refractivity contribution < 1.29 is 19.5 Å². The highest BCUT2D eigenvalue weighted by atomic mass is 16.4. The summed E-state index contributed by atoms with van der Waals surface area (Å²) in [6.45, 7) is 7.64. The molecule has 0 saturated carbocycles. The predicted molar refractivity (Wildman–Crippen MR) is 70.7 cm³/mol. The molecule has 7 nitrogen and oxygen atoms in total. The van der Waals surface area contributed by atoms with E-state index >= 15 is 0 Å². The highest BCUT2D eigenvalue weighted by Crippen LogP contribution is 2.01. The molecule has 0 fully saturated rings. The Morgan fingerprint density at radius 3 is 2.21 bits per heavy atom. The molecule has 0 heterocycles. The number of hydrogen-bond donors (Lipinski definition) is 3. The Hall–Kier alpha value is -1.79. The van der Waals surface area contributed by atoms with Crippen LogP contribution in [-0.2, 0) is 9.59 Å². The van der Waals surface area contributed by atoms with Crippen molar-refractivity contribution in [2.24, 2.45) is 5.92 Å². The van der Waals surface area contributed by atoms with Gasteiger partial charge in [0.15, 0.2) is 0 Å². The molecule has 0 bridgehead atoms. The van der Waals surface area contributed by atoms with Crippen LogP contribution in [0.15, 0.2) is 0 Å². The van der Waals surface area contributed by atoms with Crippen molar-refractivity contribution in [2.45, 2.75) is 33.7 Å². The van der Waals surface area contributed by atoms with Gasteiger partial charge in [-0.2, -0.15) is 0 Å². The second kappa shape index (κ2) is 8.34. The summed E-state index contributed by atoms with van der Waals surface area (Å²) in [6, 6.07) is -1.09. The Balaban J connectivity index is 4.43. The van der Waals surface area contributed by atoms with Crippen LogP contribution in [0.2, 0.25) is 0 Å². The number of carboxylic acid groups (broad SMARTS) is 1. The summed E-state index contributed by atoms with van der Waals surface area (Å²) in [5, 5.41) is 14.0. The molecule has 110 valence electrons. The van der Waals surface area contributed by atoms with Gasteiger partial charge in [0.05, 0.1) is 5.92 Å². The lowest BCUT2D eigenvalue weighted by Crippen LogP contribution is -2.51. The smallest absolute Gasteiger partial charge is 0.318 e. The van der Waals surface area contributed by atoms with Crippen LogP contribution < -0.4 is 10.6 Å². The molecule has 0 aliphatic carbocycles. The van der Waals surface area contributed by atoms with Crippen LogP contribution in [0, 0.1) is 5.92 Å². The Kier molecular flexibility index (Phi) is 7.55. The van der Waals surface area contributed by atoms with E-state index in [1.807, 2.05) is 0 Å². The van der Waals surface area contributed by atoms with Gasteiger partial charge in [0.25, 0.3) is 0 Å². The normalized spacial score (nSPS) is 13.3. The summed E-state index contributed by atoms with van der Waals surface area (Å²) in [7, 11) is 0. The Labute approximate surface area is 113 Å². The summed E-state index contributed by atoms with van der Waals surface area (Å²) in [5.74, 6) is -1.87. The average molecular weight is 273 g/mol. The lowest BCUT2D eigenvalue weighted by Gasteiger charge is -2.25. The standard InChI is InChI=1S/C12H23N3O4/c1-5-13-10(16)9(4)14-12(19)15(6-2)7-8(3)11(17)18/h8-9H,5-7H2,1-4H3,(H,13,16)(H,14,19)(H,17,18). The molecule has 0 aromatic carbocycles. The van der Waals surface area contributed by atoms with Gasteiger partial charge in [0, 0.05) is 19.6 Å². The van der Waals surface area contributed by atoms with Gasteiger partial charge in [0.1, 0.15) is 6.04 Å². The highest BCUT2D eigenvalue weighted by Gasteiger charge is 2.22. The van der Waals surface area contributed by atoms with Gasteiger partial charge in [0.2, 0.25) is 5.91 Å². The van der Waals surface area contributed by atoms with Crippen LogP contribution in [0.3, 0.4) is 0 Å². The number of hydrogen-bond acceptors (Lipinski definition) is 3. The molecule has 7 heteroatoms. The second-order valence-corrected chi connectivity index (χ2v) is 4.34. The zero-order chi connectivity index (χ0) is 15.0. The molecule has 2 atom stereocenters. The number of amides is 3. The lowest BCUT2D eigenvalue weighted by molar-refractivity contribution is -0.141. The van der Waals surface area contributed by atoms with Crippen molar-refractivity contribution in [1.29, 1.82) is 0 Å². The van der Waals surface area contributed by atoms with Crippen molar-refractivity contribution in [2.75, 3.05) is 19.6 Å². The molecule has 0 aromatic rings. The van der Waals surface area contributed by atoms with Gasteiger partial charge in [-0.25, -0.2) is 4.79 Å². The second-order valence-electron chi connectivity index (χ2n) is 4.34. The van der Waals surface area contributed by atoms with Crippen LogP contribution in [0.5, 0.6) is 0 Å². The van der Waals surface area contributed by atoms with Crippen LogP contribution in [-0.4, -0.2) is 53.6 Å². The number of carbonyl (C=O) groups excluding carboxylic acids is 2. The number of aliphatic carboxylic acids is 1. The number of rotatable bonds is 7. The summed E-state index contributed by atoms with van der Waals surface area (Å²) < 4.78 is 0. The number of carbonyl (C=O) groups is 3. The first-order valence-corrected chi connectivity index (χ1v) is 6.39. The number of urea groups is 1. The molecular weight excluding hydrogens is 250 g/mol. The molecule has 0 saturated heterocycles. The highest BCUT2D eigenvalue weighted by molar-refractivity contribution is 5.86. The largest absolute Gasteiger partial charge is 0.481 e. The van der Waals surface area contributed by atoms with Crippen molar-refractivity contribution >= 4 is 17.9 Å². The Bertz CT molecular complexity index is 333. The maximum Gasteiger partial charge on any atom is 0.318 e. The van der Waals surface area contributed by atoms with E-state index in [2.05, 4.69) is 10.6 Å². The van der Waals surface area contributed by atoms with Crippen LogP contribution in [0.4, 0.5) is 4.79 Å². The van der Waals surface area contributed by atoms with E-state index in [9.17, 15) is 14.4 Å². The monoisotopic (exact) mass is 273 g/mol. The molecule has 0 aliphatic heterocycles. The zero-order valence-electron chi connectivity index (χ0n) is 11.9. The Morgan fingerprint density at radius 1 is 1.21 bits per heavy atom. The van der Waals surface area contributed by atoms with Crippen molar-refractivity contribution in [3.8, 4) is 0 Å². The van der Waals surface area contributed by atoms with Gasteiger partial charge in [-0.1, -0.05) is 6.92 Å². The van der Waals surface area contributed by atoms with Gasteiger partial charge in [-0.05, 0) is 20.8 Å². The molecule has 0 radical (unpaired) electrons. The van der Waals surface area contributed by atoms with Crippen LogP contribution >= 0.6 is 0 Å². The van der Waals surface area contributed by atoms with Crippen LogP contribution in [0.25, 0.3) is 0 Å². The third-order valence-electron chi connectivity index (χ3n) is 2.67. The third-order valence-corrected chi connectivity index (χ3v) is 2.67. The SMILES string of the molecule is CCNC(=O)C(C)NC(=O)N(CC)CC(C)C(=O)O. The minimum absolute atomic E-state index is 0.111. The minimum atomic E-state index is -0.956. The maximum atomic E-state index is 11.9. The van der Waals surface area contributed by atoms with Gasteiger partial charge in [-0.15, -0.1) is 0 Å². The van der Waals surface area contributed by atoms with Crippen LogP contribution in [0.1, 0.15) is 27.7 Å². The molecule has 0 rings (SSSR count). The van der Waals surface area contributed by atoms with E-state index in [0.717, 1.165) is 0 Å². The van der Waals surface area contributed by atoms with Gasteiger partial charge >= 0.3 is 12.0 Å². The molecule has 0 aromatic heterocycles. The summed E-state index contributed by atoms with van der Waals surface area (Å²) in [4.78, 5) is 35.5. The predicted octanol–water partition coefficient (Wildman–Crippen LogP) is 0.263. The molecule has 0 spiro atoms. The molecule has 2 unspecified atom stereocenters. The lowest BCUT2D eigenvalue weighted by atomic mass is 10.2. The van der Waals surface area contributed by atoms with E-state index in [1.54, 1.807) is 20.8 Å². The fraction of sp³-hybridized carbons (Fsp3) is 0.750. The van der Waals surface area contributed by atoms with E-state index in [0.29, 0.717) is 13.1 Å². The Morgan fingerprint density at radius 2 is 1.79 bits per heavy atom. The topological polar surface area (TPSA) is 98.7 Å². The summed E-state index contributed by atoms with van der Waals surface area (Å²) in [5.41, 5.74) is 0. The first kappa shape index (κ1) is 17.2. The summed E-state index contributed by atoms with van der Waals surface area (Å²) in [6.07, 6.45) is 0. The van der Waals surface area contributed by atoms with E-state index in [-0.39, 0.29) is 12.5 Å². The molecule has 3 N–H and O–H groups in total. The van der Waals surface area contributed by atoms with Crippen molar-refractivity contribution in [1.82, 2.24) is 15.5 Å². The number of nitrogens with zero attached hydrogens (tertiary/aromatic N) is 1. The summed E-state index contributed by atoms with van der Waals surface area (Å²) >= 11 is 0. The average Bonchev–Trinajstić information content (AvgIpc) is 2.35. The van der Waals surface area contributed by atoms with Crippen molar-refractivity contribution in [3.05, 3.63) is 0 Å². The molecule has 0 aliphatic rings. The molecule has 19 heavy (non-hydrogen) atoms. The van der Waals surface area contributed by atoms with Crippen molar-refractivity contribution in [3.63, 3.8) is 0 Å². The quantitative estimate of drug-likeness (QED) is 0.619. The number of carboxylic acids is 1. The number of nitrogens with one attached hydrogen (secondary N) is 2. The first-order chi connectivity index (χ1) is 8.83. The van der Waals surface area contributed by atoms with Gasteiger partial charge in [-0.3, -0.25) is 9.59 Å². The number of likely N-dealkylation sites (N-methyl/N-ethyl adjacent to an activating group) is 1. The first-order valence-electron chi connectivity index (χ1n) is 6.39. The fourth-order valence-electron chi connectivity index (χ4n) is 1.43. The third kappa shape index (κ3) is 6.08. The molecular formula is C12H23N3O4. The maximum absolute atomic E-state index is 11.9. The fourth-order valence-corrected chi connectivity index (χ4v) is 1.43. The van der Waals surface area contributed by atoms with E-state index in [1.165, 1.54) is 11.8 Å².